The zero-order valence-corrected chi connectivity index (χ0v) is 19.9. The fourth-order valence-electron chi connectivity index (χ4n) is 3.15. The van der Waals surface area contributed by atoms with Crippen LogP contribution in [0.25, 0.3) is 0 Å². The number of ether oxygens (including phenoxy) is 4. The summed E-state index contributed by atoms with van der Waals surface area (Å²) in [5, 5.41) is 4.00. The zero-order valence-electron chi connectivity index (χ0n) is 19.9. The van der Waals surface area contributed by atoms with Crippen LogP contribution in [0.5, 0.6) is 23.0 Å². The molecule has 0 aliphatic carbocycles. The van der Waals surface area contributed by atoms with Crippen LogP contribution in [0.4, 0.5) is 0 Å². The number of esters is 1. The molecule has 186 valence electrons. The average molecular weight is 497 g/mol. The van der Waals surface area contributed by atoms with E-state index in [9.17, 15) is 9.59 Å². The Hall–Kier alpha value is -5.11. The summed E-state index contributed by atoms with van der Waals surface area (Å²) in [5.41, 5.74) is 3.42. The molecule has 0 aromatic heterocycles. The van der Waals surface area contributed by atoms with Gasteiger partial charge in [-0.3, -0.25) is 4.79 Å². The number of hydrazone groups is 1. The minimum atomic E-state index is -1.28. The van der Waals surface area contributed by atoms with Gasteiger partial charge in [-0.2, -0.15) is 5.10 Å². The van der Waals surface area contributed by atoms with Gasteiger partial charge in [0.2, 0.25) is 0 Å². The van der Waals surface area contributed by atoms with Crippen LogP contribution in [0.15, 0.2) is 114 Å². The number of methoxy groups -OCH3 is 1. The highest BCUT2D eigenvalue weighted by Gasteiger charge is 2.22. The minimum absolute atomic E-state index is 0.328. The van der Waals surface area contributed by atoms with Gasteiger partial charge >= 0.3 is 18.2 Å². The van der Waals surface area contributed by atoms with E-state index in [2.05, 4.69) is 10.5 Å². The topological polar surface area (TPSA) is 95.5 Å². The Morgan fingerprint density at radius 3 is 1.92 bits per heavy atom. The first-order valence-corrected chi connectivity index (χ1v) is 11.3. The molecule has 4 aromatic rings. The molecule has 0 saturated carbocycles. The lowest BCUT2D eigenvalue weighted by atomic mass is 10.2. The molecular weight excluding hydrogens is 472 g/mol. The average Bonchev–Trinajstić information content (AvgIpc) is 2.94. The molecule has 1 amide bonds. The van der Waals surface area contributed by atoms with Gasteiger partial charge in [0.1, 0.15) is 23.0 Å². The van der Waals surface area contributed by atoms with Crippen molar-refractivity contribution >= 4 is 18.1 Å². The Bertz CT molecular complexity index is 1300. The molecule has 4 rings (SSSR count). The predicted molar refractivity (Wildman–Crippen MR) is 138 cm³/mol. The van der Waals surface area contributed by atoms with Crippen LogP contribution >= 0.6 is 0 Å². The van der Waals surface area contributed by atoms with Crippen LogP contribution in [-0.4, -0.2) is 31.5 Å². The van der Waals surface area contributed by atoms with Crippen molar-refractivity contribution in [3.05, 3.63) is 120 Å². The first-order valence-electron chi connectivity index (χ1n) is 11.3. The van der Waals surface area contributed by atoms with Crippen LogP contribution in [0.2, 0.25) is 0 Å². The molecule has 0 heterocycles. The van der Waals surface area contributed by atoms with Gasteiger partial charge in [0.05, 0.1) is 18.9 Å². The van der Waals surface area contributed by atoms with Gasteiger partial charge < -0.3 is 18.9 Å². The van der Waals surface area contributed by atoms with Gasteiger partial charge in [0.25, 0.3) is 0 Å². The third kappa shape index (κ3) is 7.43. The highest BCUT2D eigenvalue weighted by molar-refractivity contribution is 5.91. The molecule has 1 N–H and O–H groups in total. The van der Waals surface area contributed by atoms with Crippen molar-refractivity contribution in [2.45, 2.75) is 6.29 Å². The Labute approximate surface area is 214 Å². The Balaban J connectivity index is 1.39. The number of nitrogens with one attached hydrogen (secondary N) is 1. The Morgan fingerprint density at radius 2 is 1.32 bits per heavy atom. The summed E-state index contributed by atoms with van der Waals surface area (Å²) in [6, 6.07) is 31.0. The van der Waals surface area contributed by atoms with Crippen LogP contribution in [0, 0.1) is 0 Å². The van der Waals surface area contributed by atoms with Crippen molar-refractivity contribution in [2.75, 3.05) is 7.11 Å². The van der Waals surface area contributed by atoms with Crippen LogP contribution < -0.4 is 24.4 Å². The lowest BCUT2D eigenvalue weighted by molar-refractivity contribution is -0.140. The SMILES string of the molecule is COc1ccc(C(=O)Oc2cccc(C=NNC(=O)C(Oc3ccccc3)Oc3ccccc3)c2)cc1. The van der Waals surface area contributed by atoms with Crippen LogP contribution in [0.1, 0.15) is 15.9 Å². The first-order chi connectivity index (χ1) is 18.1. The molecule has 0 bridgehead atoms. The molecule has 8 heteroatoms. The van der Waals surface area contributed by atoms with E-state index in [-0.39, 0.29) is 0 Å². The second-order valence-electron chi connectivity index (χ2n) is 7.62. The number of hydrogen-bond donors (Lipinski definition) is 1. The third-order valence-corrected chi connectivity index (χ3v) is 4.97. The van der Waals surface area contributed by atoms with Gasteiger partial charge in [0, 0.05) is 0 Å². The number of rotatable bonds is 10. The molecule has 0 atom stereocenters. The summed E-state index contributed by atoms with van der Waals surface area (Å²) < 4.78 is 22.0. The van der Waals surface area contributed by atoms with Crippen molar-refractivity contribution in [3.8, 4) is 23.0 Å². The third-order valence-electron chi connectivity index (χ3n) is 4.97. The highest BCUT2D eigenvalue weighted by Crippen LogP contribution is 2.18. The summed E-state index contributed by atoms with van der Waals surface area (Å²) in [5.74, 6) is 0.786. The second-order valence-corrected chi connectivity index (χ2v) is 7.62. The molecule has 4 aromatic carbocycles. The predicted octanol–water partition coefficient (Wildman–Crippen LogP) is 4.85. The maximum atomic E-state index is 12.8. The number of nitrogens with zero attached hydrogens (tertiary/aromatic N) is 1. The van der Waals surface area contributed by atoms with E-state index >= 15 is 0 Å². The van der Waals surface area contributed by atoms with E-state index in [4.69, 9.17) is 18.9 Å². The summed E-state index contributed by atoms with van der Waals surface area (Å²) in [7, 11) is 1.55. The highest BCUT2D eigenvalue weighted by atomic mass is 16.7. The van der Waals surface area contributed by atoms with Gasteiger partial charge in [-0.1, -0.05) is 48.5 Å². The number of para-hydroxylation sites is 2. The van der Waals surface area contributed by atoms with E-state index in [0.717, 1.165) is 0 Å². The summed E-state index contributed by atoms with van der Waals surface area (Å²) in [4.78, 5) is 25.2. The molecule has 8 nitrogen and oxygen atoms in total. The quantitative estimate of drug-likeness (QED) is 0.111. The van der Waals surface area contributed by atoms with Crippen molar-refractivity contribution in [3.63, 3.8) is 0 Å². The second kappa shape index (κ2) is 12.6. The van der Waals surface area contributed by atoms with Crippen molar-refractivity contribution in [1.82, 2.24) is 5.43 Å². The summed E-state index contributed by atoms with van der Waals surface area (Å²) in [6.45, 7) is 0. The normalized spacial score (nSPS) is 10.6. The minimum Gasteiger partial charge on any atom is -0.497 e. The van der Waals surface area contributed by atoms with E-state index in [0.29, 0.717) is 34.1 Å². The number of hydrogen-bond acceptors (Lipinski definition) is 7. The number of carbonyl (C=O) groups excluding carboxylic acids is 2. The summed E-state index contributed by atoms with van der Waals surface area (Å²) in [6.07, 6.45) is 0.142. The van der Waals surface area contributed by atoms with E-state index in [1.807, 2.05) is 12.1 Å². The molecule has 0 fully saturated rings. The van der Waals surface area contributed by atoms with Crippen LogP contribution in [0.3, 0.4) is 0 Å². The first kappa shape index (κ1) is 25.0. The molecule has 37 heavy (non-hydrogen) atoms. The Kier molecular flexibility index (Phi) is 8.48. The molecule has 0 unspecified atom stereocenters. The lowest BCUT2D eigenvalue weighted by Crippen LogP contribution is -2.40. The van der Waals surface area contributed by atoms with E-state index in [1.54, 1.807) is 104 Å². The maximum absolute atomic E-state index is 12.8. The van der Waals surface area contributed by atoms with E-state index < -0.39 is 18.2 Å². The van der Waals surface area contributed by atoms with Crippen molar-refractivity contribution in [1.29, 1.82) is 0 Å². The van der Waals surface area contributed by atoms with Gasteiger partial charge in [-0.15, -0.1) is 0 Å². The number of benzene rings is 4. The maximum Gasteiger partial charge on any atom is 0.343 e. The molecule has 0 spiro atoms. The summed E-state index contributed by atoms with van der Waals surface area (Å²) >= 11 is 0. The fourth-order valence-corrected chi connectivity index (χ4v) is 3.15. The largest absolute Gasteiger partial charge is 0.497 e. The van der Waals surface area contributed by atoms with Crippen molar-refractivity contribution < 1.29 is 28.5 Å². The van der Waals surface area contributed by atoms with Gasteiger partial charge in [0.15, 0.2) is 0 Å². The molecule has 0 saturated heterocycles. The fraction of sp³-hybridized carbons (Fsp3) is 0.0690. The molecular formula is C29H24N2O6. The van der Waals surface area contributed by atoms with Crippen LogP contribution in [-0.2, 0) is 4.79 Å². The monoisotopic (exact) mass is 496 g/mol. The standard InChI is InChI=1S/C29H24N2O6/c1-34-23-17-15-22(16-18-23)28(33)35-26-14-8-9-21(19-26)20-30-31-27(32)29(36-24-10-4-2-5-11-24)37-25-12-6-3-7-13-25/h2-20,29H,1H3,(H,31,32). The molecule has 0 aliphatic rings. The smallest absolute Gasteiger partial charge is 0.343 e. The molecule has 0 aliphatic heterocycles. The zero-order chi connectivity index (χ0) is 25.9. The number of amides is 1. The molecule has 0 radical (unpaired) electrons. The van der Waals surface area contributed by atoms with E-state index in [1.165, 1.54) is 6.21 Å². The van der Waals surface area contributed by atoms with Gasteiger partial charge in [-0.05, 0) is 66.2 Å². The van der Waals surface area contributed by atoms with Crippen molar-refractivity contribution in [2.24, 2.45) is 5.10 Å². The lowest BCUT2D eigenvalue weighted by Gasteiger charge is -2.18. The Morgan fingerprint density at radius 1 is 0.730 bits per heavy atom. The number of carbonyl (C=O) groups is 2. The van der Waals surface area contributed by atoms with Gasteiger partial charge in [-0.25, -0.2) is 10.2 Å².